The Labute approximate surface area is 83.6 Å². The number of hydrogen-bond donors (Lipinski definition) is 2. The molecule has 1 saturated heterocycles. The largest absolute Gasteiger partial charge is 0.387 e. The number of aliphatic hydroxyl groups excluding tert-OH is 1. The first-order chi connectivity index (χ1) is 6.65. The molecule has 0 aromatic heterocycles. The lowest BCUT2D eigenvalue weighted by Gasteiger charge is -2.32. The monoisotopic (exact) mass is 206 g/mol. The molecule has 14 heavy (non-hydrogen) atoms. The summed E-state index contributed by atoms with van der Waals surface area (Å²) in [5.74, 6) is -1.72. The summed E-state index contributed by atoms with van der Waals surface area (Å²) in [6.45, 7) is 4.67. The van der Waals surface area contributed by atoms with Crippen LogP contribution < -0.4 is 0 Å². The van der Waals surface area contributed by atoms with Crippen molar-refractivity contribution in [3.05, 3.63) is 0 Å². The molecule has 2 N–H and O–H groups in total. The number of hydrogen-bond acceptors (Lipinski definition) is 5. The first-order valence-electron chi connectivity index (χ1n) is 4.92. The lowest BCUT2D eigenvalue weighted by Crippen LogP contribution is -2.52. The minimum atomic E-state index is -1.72. The predicted molar refractivity (Wildman–Crippen MR) is 48.6 cm³/mol. The van der Waals surface area contributed by atoms with Gasteiger partial charge in [-0.2, -0.15) is 0 Å². The summed E-state index contributed by atoms with van der Waals surface area (Å²) in [5, 5.41) is 19.5. The topological polar surface area (TPSA) is 68.2 Å². The molecule has 5 heteroatoms. The molecule has 1 aliphatic heterocycles. The van der Waals surface area contributed by atoms with Gasteiger partial charge in [0.15, 0.2) is 0 Å². The zero-order valence-electron chi connectivity index (χ0n) is 8.60. The van der Waals surface area contributed by atoms with E-state index < -0.39 is 18.2 Å². The van der Waals surface area contributed by atoms with E-state index in [4.69, 9.17) is 14.2 Å². The Morgan fingerprint density at radius 3 is 2.36 bits per heavy atom. The van der Waals surface area contributed by atoms with Crippen LogP contribution in [-0.2, 0) is 14.2 Å². The zero-order chi connectivity index (χ0) is 10.6. The van der Waals surface area contributed by atoms with E-state index >= 15 is 0 Å². The van der Waals surface area contributed by atoms with Gasteiger partial charge in [-0.1, -0.05) is 0 Å². The normalized spacial score (nSPS) is 32.8. The molecule has 0 bridgehead atoms. The molecule has 0 aromatic rings. The third-order valence-corrected chi connectivity index (χ3v) is 2.18. The highest BCUT2D eigenvalue weighted by molar-refractivity contribution is 4.86. The Hall–Kier alpha value is -0.200. The van der Waals surface area contributed by atoms with Gasteiger partial charge >= 0.3 is 0 Å². The maximum Gasteiger partial charge on any atom is 0.245 e. The van der Waals surface area contributed by atoms with Gasteiger partial charge in [0, 0.05) is 19.6 Å². The SMILES string of the molecule is CCOC(OCC)C1(O)OCC[C@@H]1O. The molecule has 0 amide bonds. The maximum atomic E-state index is 9.96. The van der Waals surface area contributed by atoms with Crippen LogP contribution in [0.5, 0.6) is 0 Å². The van der Waals surface area contributed by atoms with Crippen molar-refractivity contribution in [2.24, 2.45) is 0 Å². The molecule has 1 aliphatic rings. The Balaban J connectivity index is 2.64. The van der Waals surface area contributed by atoms with Crippen LogP contribution in [0.15, 0.2) is 0 Å². The van der Waals surface area contributed by atoms with E-state index in [0.717, 1.165) is 0 Å². The fourth-order valence-electron chi connectivity index (χ4n) is 1.45. The van der Waals surface area contributed by atoms with Crippen molar-refractivity contribution in [2.45, 2.75) is 38.4 Å². The number of aliphatic hydroxyl groups is 2. The van der Waals surface area contributed by atoms with Crippen molar-refractivity contribution in [1.29, 1.82) is 0 Å². The standard InChI is InChI=1S/C9H18O5/c1-3-12-8(13-4-2)9(11)7(10)5-6-14-9/h7-8,10-11H,3-6H2,1-2H3/t7-,9?/m0/s1. The van der Waals surface area contributed by atoms with Crippen LogP contribution in [0.4, 0.5) is 0 Å². The zero-order valence-corrected chi connectivity index (χ0v) is 8.60. The van der Waals surface area contributed by atoms with E-state index in [1.54, 1.807) is 13.8 Å². The predicted octanol–water partition coefficient (Wildman–Crippen LogP) is -0.145. The van der Waals surface area contributed by atoms with Crippen LogP contribution in [0.1, 0.15) is 20.3 Å². The molecule has 2 atom stereocenters. The van der Waals surface area contributed by atoms with Gasteiger partial charge in [0.2, 0.25) is 12.1 Å². The highest BCUT2D eigenvalue weighted by Gasteiger charge is 2.50. The van der Waals surface area contributed by atoms with Crippen molar-refractivity contribution in [1.82, 2.24) is 0 Å². The summed E-state index contributed by atoms with van der Waals surface area (Å²) in [7, 11) is 0. The van der Waals surface area contributed by atoms with E-state index in [9.17, 15) is 10.2 Å². The second-order valence-electron chi connectivity index (χ2n) is 3.15. The third kappa shape index (κ3) is 2.24. The van der Waals surface area contributed by atoms with Gasteiger partial charge < -0.3 is 24.4 Å². The van der Waals surface area contributed by atoms with Gasteiger partial charge in [-0.05, 0) is 13.8 Å². The maximum absolute atomic E-state index is 9.96. The minimum absolute atomic E-state index is 0.314. The quantitative estimate of drug-likeness (QED) is 0.612. The molecule has 0 radical (unpaired) electrons. The molecule has 1 rings (SSSR count). The van der Waals surface area contributed by atoms with Gasteiger partial charge in [0.1, 0.15) is 6.10 Å². The van der Waals surface area contributed by atoms with E-state index in [2.05, 4.69) is 0 Å². The van der Waals surface area contributed by atoms with E-state index in [-0.39, 0.29) is 0 Å². The van der Waals surface area contributed by atoms with Gasteiger partial charge in [-0.3, -0.25) is 0 Å². The summed E-state index contributed by atoms with van der Waals surface area (Å²) < 4.78 is 15.4. The van der Waals surface area contributed by atoms with Crippen LogP contribution >= 0.6 is 0 Å². The van der Waals surface area contributed by atoms with Crippen molar-refractivity contribution in [3.8, 4) is 0 Å². The Morgan fingerprint density at radius 1 is 1.43 bits per heavy atom. The third-order valence-electron chi connectivity index (χ3n) is 2.18. The molecule has 84 valence electrons. The van der Waals surface area contributed by atoms with Crippen LogP contribution in [0.3, 0.4) is 0 Å². The summed E-state index contributed by atoms with van der Waals surface area (Å²) in [6.07, 6.45) is -1.48. The summed E-state index contributed by atoms with van der Waals surface area (Å²) >= 11 is 0. The molecule has 1 unspecified atom stereocenters. The van der Waals surface area contributed by atoms with Gasteiger partial charge in [-0.25, -0.2) is 0 Å². The first kappa shape index (κ1) is 11.9. The molecule has 5 nitrogen and oxygen atoms in total. The fourth-order valence-corrected chi connectivity index (χ4v) is 1.45. The summed E-state index contributed by atoms with van der Waals surface area (Å²) in [6, 6.07) is 0. The molecular weight excluding hydrogens is 188 g/mol. The molecular formula is C9H18O5. The van der Waals surface area contributed by atoms with Crippen molar-refractivity contribution >= 4 is 0 Å². The van der Waals surface area contributed by atoms with Gasteiger partial charge in [-0.15, -0.1) is 0 Å². The lowest BCUT2D eigenvalue weighted by molar-refractivity contribution is -0.340. The summed E-state index contributed by atoms with van der Waals surface area (Å²) in [5.41, 5.74) is 0. The second kappa shape index (κ2) is 5.04. The van der Waals surface area contributed by atoms with Crippen LogP contribution in [-0.4, -0.2) is 48.2 Å². The Morgan fingerprint density at radius 2 is 2.00 bits per heavy atom. The molecule has 0 aromatic carbocycles. The molecule has 1 fully saturated rings. The van der Waals surface area contributed by atoms with E-state index in [1.165, 1.54) is 0 Å². The lowest BCUT2D eigenvalue weighted by atomic mass is 10.1. The van der Waals surface area contributed by atoms with Crippen LogP contribution in [0, 0.1) is 0 Å². The minimum Gasteiger partial charge on any atom is -0.387 e. The number of ether oxygens (including phenoxy) is 3. The highest BCUT2D eigenvalue weighted by Crippen LogP contribution is 2.29. The average molecular weight is 206 g/mol. The van der Waals surface area contributed by atoms with Crippen molar-refractivity contribution < 1.29 is 24.4 Å². The molecule has 0 spiro atoms. The van der Waals surface area contributed by atoms with Crippen LogP contribution in [0.2, 0.25) is 0 Å². The number of rotatable bonds is 5. The average Bonchev–Trinajstić information content (AvgIpc) is 2.48. The second-order valence-corrected chi connectivity index (χ2v) is 3.15. The van der Waals surface area contributed by atoms with Crippen molar-refractivity contribution in [2.75, 3.05) is 19.8 Å². The van der Waals surface area contributed by atoms with Gasteiger partial charge in [0.25, 0.3) is 0 Å². The van der Waals surface area contributed by atoms with Crippen molar-refractivity contribution in [3.63, 3.8) is 0 Å². The highest BCUT2D eigenvalue weighted by atomic mass is 16.7. The Kier molecular flexibility index (Phi) is 4.28. The first-order valence-corrected chi connectivity index (χ1v) is 4.92. The molecule has 0 aliphatic carbocycles. The Bertz CT molecular complexity index is 169. The fraction of sp³-hybridized carbons (Fsp3) is 1.00. The molecule has 1 heterocycles. The van der Waals surface area contributed by atoms with E-state index in [0.29, 0.717) is 26.2 Å². The summed E-state index contributed by atoms with van der Waals surface area (Å²) in [4.78, 5) is 0. The van der Waals surface area contributed by atoms with Gasteiger partial charge in [0.05, 0.1) is 6.61 Å². The van der Waals surface area contributed by atoms with E-state index in [1.807, 2.05) is 0 Å². The van der Waals surface area contributed by atoms with Crippen LogP contribution in [0.25, 0.3) is 0 Å². The smallest absolute Gasteiger partial charge is 0.245 e. The molecule has 0 saturated carbocycles.